The summed E-state index contributed by atoms with van der Waals surface area (Å²) in [5, 5.41) is 5.80. The van der Waals surface area contributed by atoms with Gasteiger partial charge in [0, 0.05) is 17.8 Å². The standard InChI is InChI=1S/C12H19N3O2/c1-8(2)15-12(16)7-14-9-4-5-10(13)11(6-9)17-3/h4-6,8,14H,7,13H2,1-3H3,(H,15,16). The summed E-state index contributed by atoms with van der Waals surface area (Å²) >= 11 is 0. The smallest absolute Gasteiger partial charge is 0.239 e. The average molecular weight is 237 g/mol. The summed E-state index contributed by atoms with van der Waals surface area (Å²) in [5.41, 5.74) is 7.06. The van der Waals surface area contributed by atoms with E-state index in [1.54, 1.807) is 25.3 Å². The maximum absolute atomic E-state index is 11.4. The topological polar surface area (TPSA) is 76.4 Å². The number of carbonyl (C=O) groups is 1. The predicted octanol–water partition coefficient (Wildman–Crippen LogP) is 1.21. The SMILES string of the molecule is COc1cc(NCC(=O)NC(C)C)ccc1N. The molecule has 0 aliphatic carbocycles. The molecule has 0 aliphatic heterocycles. The van der Waals surface area contributed by atoms with Gasteiger partial charge in [0.15, 0.2) is 0 Å². The maximum Gasteiger partial charge on any atom is 0.239 e. The zero-order valence-corrected chi connectivity index (χ0v) is 10.4. The molecular formula is C12H19N3O2. The predicted molar refractivity (Wildman–Crippen MR) is 69.2 cm³/mol. The Bertz CT molecular complexity index is 391. The lowest BCUT2D eigenvalue weighted by atomic mass is 10.2. The van der Waals surface area contributed by atoms with Gasteiger partial charge in [0.05, 0.1) is 19.3 Å². The number of hydrogen-bond acceptors (Lipinski definition) is 4. The van der Waals surface area contributed by atoms with E-state index in [0.717, 1.165) is 5.69 Å². The van der Waals surface area contributed by atoms with Crippen molar-refractivity contribution in [2.75, 3.05) is 24.7 Å². The van der Waals surface area contributed by atoms with Crippen LogP contribution >= 0.6 is 0 Å². The van der Waals surface area contributed by atoms with Gasteiger partial charge in [0.25, 0.3) is 0 Å². The van der Waals surface area contributed by atoms with Crippen LogP contribution < -0.4 is 21.1 Å². The first kappa shape index (κ1) is 13.2. The van der Waals surface area contributed by atoms with Gasteiger partial charge in [-0.3, -0.25) is 4.79 Å². The third kappa shape index (κ3) is 4.22. The van der Waals surface area contributed by atoms with Crippen molar-refractivity contribution in [1.29, 1.82) is 0 Å². The molecule has 5 nitrogen and oxygen atoms in total. The molecule has 4 N–H and O–H groups in total. The van der Waals surface area contributed by atoms with E-state index in [2.05, 4.69) is 10.6 Å². The molecule has 0 atom stereocenters. The second kappa shape index (κ2) is 5.98. The highest BCUT2D eigenvalue weighted by atomic mass is 16.5. The van der Waals surface area contributed by atoms with Crippen molar-refractivity contribution in [2.24, 2.45) is 0 Å². The molecule has 1 aromatic rings. The van der Waals surface area contributed by atoms with Crippen LogP contribution in [0, 0.1) is 0 Å². The third-order valence-electron chi connectivity index (χ3n) is 2.14. The molecule has 5 heteroatoms. The summed E-state index contributed by atoms with van der Waals surface area (Å²) in [5.74, 6) is 0.551. The Hall–Kier alpha value is -1.91. The fourth-order valence-corrected chi connectivity index (χ4v) is 1.38. The number of hydrogen-bond donors (Lipinski definition) is 3. The van der Waals surface area contributed by atoms with Crippen molar-refractivity contribution in [3.8, 4) is 5.75 Å². The Kier molecular flexibility index (Phi) is 4.63. The fourth-order valence-electron chi connectivity index (χ4n) is 1.38. The van der Waals surface area contributed by atoms with Crippen molar-refractivity contribution in [1.82, 2.24) is 5.32 Å². The summed E-state index contributed by atoms with van der Waals surface area (Å²) in [6.45, 7) is 4.07. The Morgan fingerprint density at radius 2 is 2.18 bits per heavy atom. The molecular weight excluding hydrogens is 218 g/mol. The molecule has 17 heavy (non-hydrogen) atoms. The number of nitrogens with two attached hydrogens (primary N) is 1. The zero-order chi connectivity index (χ0) is 12.8. The molecule has 1 amide bonds. The van der Waals surface area contributed by atoms with Crippen LogP contribution in [0.4, 0.5) is 11.4 Å². The quantitative estimate of drug-likeness (QED) is 0.673. The van der Waals surface area contributed by atoms with E-state index in [-0.39, 0.29) is 18.5 Å². The number of ether oxygens (including phenoxy) is 1. The van der Waals surface area contributed by atoms with Crippen LogP contribution in [0.3, 0.4) is 0 Å². The van der Waals surface area contributed by atoms with Crippen LogP contribution in [0.1, 0.15) is 13.8 Å². The molecule has 0 radical (unpaired) electrons. The van der Waals surface area contributed by atoms with E-state index in [0.29, 0.717) is 11.4 Å². The Labute approximate surface area is 101 Å². The molecule has 0 saturated carbocycles. The zero-order valence-electron chi connectivity index (χ0n) is 10.4. The number of methoxy groups -OCH3 is 1. The van der Waals surface area contributed by atoms with Gasteiger partial charge in [-0.2, -0.15) is 0 Å². The summed E-state index contributed by atoms with van der Waals surface area (Å²) in [7, 11) is 1.56. The second-order valence-corrected chi connectivity index (χ2v) is 4.03. The lowest BCUT2D eigenvalue weighted by Gasteiger charge is -2.11. The first-order valence-corrected chi connectivity index (χ1v) is 5.49. The van der Waals surface area contributed by atoms with E-state index in [1.165, 1.54) is 0 Å². The van der Waals surface area contributed by atoms with Crippen LogP contribution in [0.5, 0.6) is 5.75 Å². The molecule has 0 unspecified atom stereocenters. The maximum atomic E-state index is 11.4. The number of rotatable bonds is 5. The van der Waals surface area contributed by atoms with E-state index >= 15 is 0 Å². The van der Waals surface area contributed by atoms with E-state index in [9.17, 15) is 4.79 Å². The minimum absolute atomic E-state index is 0.0456. The van der Waals surface area contributed by atoms with Crippen molar-refractivity contribution in [3.63, 3.8) is 0 Å². The van der Waals surface area contributed by atoms with Gasteiger partial charge in [-0.25, -0.2) is 0 Å². The Morgan fingerprint density at radius 1 is 1.47 bits per heavy atom. The molecule has 0 fully saturated rings. The van der Waals surface area contributed by atoms with Gasteiger partial charge in [0.1, 0.15) is 5.75 Å². The largest absolute Gasteiger partial charge is 0.495 e. The van der Waals surface area contributed by atoms with Gasteiger partial charge in [0.2, 0.25) is 5.91 Å². The normalized spacial score (nSPS) is 10.1. The molecule has 0 heterocycles. The summed E-state index contributed by atoms with van der Waals surface area (Å²) < 4.78 is 5.09. The van der Waals surface area contributed by atoms with Crippen LogP contribution in [-0.2, 0) is 4.79 Å². The summed E-state index contributed by atoms with van der Waals surface area (Å²) in [4.78, 5) is 11.4. The number of benzene rings is 1. The minimum Gasteiger partial charge on any atom is -0.495 e. The highest BCUT2D eigenvalue weighted by Crippen LogP contribution is 2.24. The average Bonchev–Trinajstić information content (AvgIpc) is 2.27. The molecule has 0 aliphatic rings. The molecule has 0 spiro atoms. The molecule has 1 aromatic carbocycles. The van der Waals surface area contributed by atoms with Gasteiger partial charge in [-0.05, 0) is 26.0 Å². The molecule has 0 bridgehead atoms. The fraction of sp³-hybridized carbons (Fsp3) is 0.417. The van der Waals surface area contributed by atoms with E-state index in [1.807, 2.05) is 13.8 Å². The van der Waals surface area contributed by atoms with Crippen LogP contribution in [0.15, 0.2) is 18.2 Å². The first-order chi connectivity index (χ1) is 8.02. The molecule has 94 valence electrons. The van der Waals surface area contributed by atoms with Crippen molar-refractivity contribution >= 4 is 17.3 Å². The van der Waals surface area contributed by atoms with Gasteiger partial charge in [-0.1, -0.05) is 0 Å². The van der Waals surface area contributed by atoms with Gasteiger partial charge < -0.3 is 21.1 Å². The van der Waals surface area contributed by atoms with Crippen molar-refractivity contribution in [2.45, 2.75) is 19.9 Å². The lowest BCUT2D eigenvalue weighted by molar-refractivity contribution is -0.119. The second-order valence-electron chi connectivity index (χ2n) is 4.03. The van der Waals surface area contributed by atoms with Gasteiger partial charge in [-0.15, -0.1) is 0 Å². The van der Waals surface area contributed by atoms with Crippen LogP contribution in [0.25, 0.3) is 0 Å². The Balaban J connectivity index is 2.55. The number of anilines is 2. The monoisotopic (exact) mass is 237 g/mol. The number of amides is 1. The number of carbonyl (C=O) groups excluding carboxylic acids is 1. The highest BCUT2D eigenvalue weighted by molar-refractivity contribution is 5.81. The van der Waals surface area contributed by atoms with Crippen LogP contribution in [-0.4, -0.2) is 25.6 Å². The first-order valence-electron chi connectivity index (χ1n) is 5.49. The summed E-state index contributed by atoms with van der Waals surface area (Å²) in [6, 6.07) is 5.45. The highest BCUT2D eigenvalue weighted by Gasteiger charge is 2.04. The van der Waals surface area contributed by atoms with Gasteiger partial charge >= 0.3 is 0 Å². The van der Waals surface area contributed by atoms with Crippen LogP contribution in [0.2, 0.25) is 0 Å². The molecule has 0 saturated heterocycles. The molecule has 0 aromatic heterocycles. The number of nitrogens with one attached hydrogen (secondary N) is 2. The third-order valence-corrected chi connectivity index (χ3v) is 2.14. The Morgan fingerprint density at radius 3 is 2.76 bits per heavy atom. The van der Waals surface area contributed by atoms with E-state index < -0.39 is 0 Å². The van der Waals surface area contributed by atoms with Crippen molar-refractivity contribution in [3.05, 3.63) is 18.2 Å². The lowest BCUT2D eigenvalue weighted by Crippen LogP contribution is -2.34. The molecule has 1 rings (SSSR count). The van der Waals surface area contributed by atoms with E-state index in [4.69, 9.17) is 10.5 Å². The summed E-state index contributed by atoms with van der Waals surface area (Å²) in [6.07, 6.45) is 0. The minimum atomic E-state index is -0.0456. The van der Waals surface area contributed by atoms with Crippen molar-refractivity contribution < 1.29 is 9.53 Å². The number of nitrogen functional groups attached to an aromatic ring is 1.